The van der Waals surface area contributed by atoms with Gasteiger partial charge in [-0.05, 0) is 45.4 Å². The van der Waals surface area contributed by atoms with Crippen molar-refractivity contribution in [2.75, 3.05) is 0 Å². The molecule has 2 aromatic heterocycles. The summed E-state index contributed by atoms with van der Waals surface area (Å²) in [5.41, 5.74) is 2.91. The van der Waals surface area contributed by atoms with Crippen molar-refractivity contribution in [3.63, 3.8) is 0 Å². The van der Waals surface area contributed by atoms with Crippen LogP contribution >= 0.6 is 0 Å². The number of hydrogen-bond acceptors (Lipinski definition) is 3. The van der Waals surface area contributed by atoms with E-state index in [2.05, 4.69) is 6.58 Å². The van der Waals surface area contributed by atoms with Gasteiger partial charge in [0, 0.05) is 22.4 Å². The fourth-order valence-corrected chi connectivity index (χ4v) is 2.27. The van der Waals surface area contributed by atoms with Gasteiger partial charge in [0.05, 0.1) is 0 Å². The Balaban J connectivity index is 0.000000452. The average molecular weight is 270 g/mol. The van der Waals surface area contributed by atoms with E-state index in [1.54, 1.807) is 6.08 Å². The van der Waals surface area contributed by atoms with E-state index in [4.69, 9.17) is 8.83 Å². The highest BCUT2D eigenvalue weighted by atomic mass is 16.4. The lowest BCUT2D eigenvalue weighted by Gasteiger charge is -2.03. The molecule has 2 heterocycles. The molecule has 0 saturated heterocycles. The Morgan fingerprint density at radius 2 is 1.70 bits per heavy atom. The molecule has 3 rings (SSSR count). The number of allylic oxidation sites excluding steroid dienone is 1. The van der Waals surface area contributed by atoms with Crippen molar-refractivity contribution in [1.29, 1.82) is 0 Å². The van der Waals surface area contributed by atoms with Crippen molar-refractivity contribution in [2.45, 2.75) is 27.7 Å². The maximum Gasteiger partial charge on any atom is 0.336 e. The lowest BCUT2D eigenvalue weighted by atomic mass is 10.1. The third kappa shape index (κ3) is 2.39. The van der Waals surface area contributed by atoms with Crippen LogP contribution in [0.4, 0.5) is 0 Å². The summed E-state index contributed by atoms with van der Waals surface area (Å²) in [4.78, 5) is 11.4. The van der Waals surface area contributed by atoms with Gasteiger partial charge in [0.15, 0.2) is 0 Å². The van der Waals surface area contributed by atoms with Crippen LogP contribution in [0, 0.1) is 20.8 Å². The second-order valence-corrected chi connectivity index (χ2v) is 4.81. The van der Waals surface area contributed by atoms with E-state index in [0.29, 0.717) is 5.58 Å². The second kappa shape index (κ2) is 5.37. The first-order valence-corrected chi connectivity index (χ1v) is 6.49. The van der Waals surface area contributed by atoms with Gasteiger partial charge in [-0.15, -0.1) is 6.58 Å². The van der Waals surface area contributed by atoms with Crippen LogP contribution in [-0.4, -0.2) is 0 Å². The summed E-state index contributed by atoms with van der Waals surface area (Å²) in [6, 6.07) is 5.51. The molecule has 0 unspecified atom stereocenters. The van der Waals surface area contributed by atoms with Gasteiger partial charge in [0.1, 0.15) is 16.9 Å². The molecule has 0 aliphatic rings. The van der Waals surface area contributed by atoms with E-state index in [1.165, 1.54) is 6.07 Å². The van der Waals surface area contributed by atoms with Crippen molar-refractivity contribution in [3.05, 3.63) is 58.2 Å². The second-order valence-electron chi connectivity index (χ2n) is 4.81. The van der Waals surface area contributed by atoms with E-state index >= 15 is 0 Å². The number of furan rings is 1. The SMILES string of the molecule is C=CC.Cc1cc2cc3c(C)cc(=O)oc3c(C)c2o1. The van der Waals surface area contributed by atoms with Gasteiger partial charge in [-0.2, -0.15) is 0 Å². The van der Waals surface area contributed by atoms with E-state index in [1.807, 2.05) is 39.8 Å². The van der Waals surface area contributed by atoms with E-state index in [0.717, 1.165) is 33.2 Å². The summed E-state index contributed by atoms with van der Waals surface area (Å²) in [6.07, 6.45) is 1.75. The molecular formula is C17H18O3. The summed E-state index contributed by atoms with van der Waals surface area (Å²) in [5, 5.41) is 2.01. The Bertz CT molecular complexity index is 835. The molecule has 0 amide bonds. The molecule has 3 nitrogen and oxygen atoms in total. The maximum atomic E-state index is 11.4. The maximum absolute atomic E-state index is 11.4. The van der Waals surface area contributed by atoms with Crippen LogP contribution in [0.3, 0.4) is 0 Å². The monoisotopic (exact) mass is 270 g/mol. The van der Waals surface area contributed by atoms with Crippen LogP contribution in [-0.2, 0) is 0 Å². The lowest BCUT2D eigenvalue weighted by Crippen LogP contribution is -1.98. The molecule has 0 saturated carbocycles. The molecular weight excluding hydrogens is 252 g/mol. The Morgan fingerprint density at radius 1 is 1.05 bits per heavy atom. The molecule has 0 aliphatic heterocycles. The third-order valence-corrected chi connectivity index (χ3v) is 3.07. The lowest BCUT2D eigenvalue weighted by molar-refractivity contribution is 0.551. The highest BCUT2D eigenvalue weighted by Gasteiger charge is 2.12. The van der Waals surface area contributed by atoms with Crippen molar-refractivity contribution in [1.82, 2.24) is 0 Å². The molecule has 0 N–H and O–H groups in total. The summed E-state index contributed by atoms with van der Waals surface area (Å²) in [6.45, 7) is 11.0. The predicted octanol–water partition coefficient (Wildman–Crippen LogP) is 4.66. The summed E-state index contributed by atoms with van der Waals surface area (Å²) in [7, 11) is 0. The molecule has 20 heavy (non-hydrogen) atoms. The first kappa shape index (κ1) is 14.1. The van der Waals surface area contributed by atoms with Crippen LogP contribution in [0.1, 0.15) is 23.8 Å². The van der Waals surface area contributed by atoms with Crippen LogP contribution in [0.5, 0.6) is 0 Å². The predicted molar refractivity (Wildman–Crippen MR) is 82.3 cm³/mol. The minimum Gasteiger partial charge on any atom is -0.461 e. The molecule has 0 bridgehead atoms. The van der Waals surface area contributed by atoms with E-state index in [9.17, 15) is 4.79 Å². The minimum atomic E-state index is -0.319. The molecule has 104 valence electrons. The fraction of sp³-hybridized carbons (Fsp3) is 0.235. The van der Waals surface area contributed by atoms with Crippen molar-refractivity contribution in [3.8, 4) is 0 Å². The van der Waals surface area contributed by atoms with Gasteiger partial charge in [0.2, 0.25) is 0 Å². The van der Waals surface area contributed by atoms with Crippen molar-refractivity contribution < 1.29 is 8.83 Å². The molecule has 0 fully saturated rings. The Labute approximate surface area is 117 Å². The molecule has 1 aromatic carbocycles. The number of fused-ring (bicyclic) bond motifs is 2. The highest BCUT2D eigenvalue weighted by Crippen LogP contribution is 2.30. The Morgan fingerprint density at radius 3 is 2.35 bits per heavy atom. The van der Waals surface area contributed by atoms with Gasteiger partial charge in [-0.3, -0.25) is 0 Å². The molecule has 3 heteroatoms. The topological polar surface area (TPSA) is 43.4 Å². The van der Waals surface area contributed by atoms with Crippen LogP contribution in [0.25, 0.3) is 21.9 Å². The van der Waals surface area contributed by atoms with Gasteiger partial charge in [0.25, 0.3) is 0 Å². The summed E-state index contributed by atoms with van der Waals surface area (Å²) >= 11 is 0. The molecule has 0 spiro atoms. The smallest absolute Gasteiger partial charge is 0.336 e. The first-order valence-electron chi connectivity index (χ1n) is 6.49. The van der Waals surface area contributed by atoms with Crippen molar-refractivity contribution >= 4 is 21.9 Å². The normalized spacial score (nSPS) is 10.4. The van der Waals surface area contributed by atoms with Gasteiger partial charge in [-0.1, -0.05) is 6.08 Å². The van der Waals surface area contributed by atoms with Gasteiger partial charge >= 0.3 is 5.63 Å². The zero-order valence-electron chi connectivity index (χ0n) is 12.2. The van der Waals surface area contributed by atoms with E-state index < -0.39 is 0 Å². The van der Waals surface area contributed by atoms with Gasteiger partial charge in [-0.25, -0.2) is 4.79 Å². The number of benzene rings is 1. The quantitative estimate of drug-likeness (QED) is 0.441. The van der Waals surface area contributed by atoms with Crippen LogP contribution < -0.4 is 5.63 Å². The Hall–Kier alpha value is -2.29. The number of rotatable bonds is 0. The summed E-state index contributed by atoms with van der Waals surface area (Å²) < 4.78 is 10.9. The standard InChI is InChI=1S/C14H12O3.C3H6/c1-7-4-12(15)17-14-9(3)13-10(6-11(7)14)5-8(2)16-13;1-3-2/h4-6H,1-3H3;3H,1H2,2H3. The van der Waals surface area contributed by atoms with Gasteiger partial charge < -0.3 is 8.83 Å². The van der Waals surface area contributed by atoms with E-state index in [-0.39, 0.29) is 5.63 Å². The third-order valence-electron chi connectivity index (χ3n) is 3.07. The highest BCUT2D eigenvalue weighted by molar-refractivity contribution is 5.98. The largest absolute Gasteiger partial charge is 0.461 e. The summed E-state index contributed by atoms with van der Waals surface area (Å²) in [5.74, 6) is 0.860. The molecule has 0 atom stereocenters. The molecule has 0 aliphatic carbocycles. The van der Waals surface area contributed by atoms with Crippen molar-refractivity contribution in [2.24, 2.45) is 0 Å². The zero-order chi connectivity index (χ0) is 14.9. The zero-order valence-corrected chi connectivity index (χ0v) is 12.2. The molecule has 0 radical (unpaired) electrons. The average Bonchev–Trinajstić information content (AvgIpc) is 2.73. The van der Waals surface area contributed by atoms with Crippen LogP contribution in [0.2, 0.25) is 0 Å². The number of aryl methyl sites for hydroxylation is 3. The molecule has 3 aromatic rings. The Kier molecular flexibility index (Phi) is 3.79. The minimum absolute atomic E-state index is 0.319. The van der Waals surface area contributed by atoms with Crippen LogP contribution in [0.15, 0.2) is 44.5 Å². The first-order chi connectivity index (χ1) is 9.47. The fourth-order valence-electron chi connectivity index (χ4n) is 2.27. The number of hydrogen-bond donors (Lipinski definition) is 0.